The maximum Gasteiger partial charge on any atom is 0.342 e. The lowest BCUT2D eigenvalue weighted by atomic mass is 10.1. The summed E-state index contributed by atoms with van der Waals surface area (Å²) in [5.41, 5.74) is 1.21. The minimum atomic E-state index is -0.336. The zero-order chi connectivity index (χ0) is 11.7. The first-order chi connectivity index (χ1) is 7.63. The van der Waals surface area contributed by atoms with Crippen LogP contribution in [0.3, 0.4) is 0 Å². The van der Waals surface area contributed by atoms with Gasteiger partial charge >= 0.3 is 5.97 Å². The van der Waals surface area contributed by atoms with E-state index >= 15 is 0 Å². The van der Waals surface area contributed by atoms with Crippen LogP contribution in [-0.2, 0) is 4.74 Å². The highest BCUT2D eigenvalue weighted by Gasteiger charge is 2.19. The van der Waals surface area contributed by atoms with Crippen LogP contribution in [0.1, 0.15) is 23.0 Å². The minimum absolute atomic E-state index is 0.336. The zero-order valence-corrected chi connectivity index (χ0v) is 10.6. The summed E-state index contributed by atoms with van der Waals surface area (Å²) >= 11 is 3.37. The number of aryl methyl sites for hydroxylation is 1. The number of benzene rings is 1. The molecule has 0 radical (unpaired) electrons. The Labute approximate surface area is 102 Å². The SMILES string of the molecule is CCOC(=O)c1c(C)oc2ccc(Br)cc12. The van der Waals surface area contributed by atoms with Crippen molar-refractivity contribution in [3.05, 3.63) is 34.0 Å². The monoisotopic (exact) mass is 282 g/mol. The molecular formula is C12H11BrO3. The molecule has 0 atom stereocenters. The lowest BCUT2D eigenvalue weighted by molar-refractivity contribution is 0.0526. The van der Waals surface area contributed by atoms with Crippen molar-refractivity contribution < 1.29 is 13.9 Å². The van der Waals surface area contributed by atoms with Crippen LogP contribution in [0.5, 0.6) is 0 Å². The molecule has 0 fully saturated rings. The second-order valence-corrected chi connectivity index (χ2v) is 4.31. The number of ether oxygens (including phenoxy) is 1. The van der Waals surface area contributed by atoms with E-state index < -0.39 is 0 Å². The van der Waals surface area contributed by atoms with E-state index in [9.17, 15) is 4.79 Å². The molecule has 3 nitrogen and oxygen atoms in total. The molecule has 0 unspecified atom stereocenters. The Bertz CT molecular complexity index is 542. The summed E-state index contributed by atoms with van der Waals surface area (Å²) in [7, 11) is 0. The molecule has 0 amide bonds. The highest BCUT2D eigenvalue weighted by atomic mass is 79.9. The molecule has 0 saturated heterocycles. The Morgan fingerprint density at radius 2 is 2.25 bits per heavy atom. The number of hydrogen-bond acceptors (Lipinski definition) is 3. The molecule has 0 aliphatic rings. The van der Waals surface area contributed by atoms with Gasteiger partial charge in [-0.3, -0.25) is 0 Å². The number of fused-ring (bicyclic) bond motifs is 1. The van der Waals surface area contributed by atoms with E-state index in [1.165, 1.54) is 0 Å². The number of carbonyl (C=O) groups is 1. The van der Waals surface area contributed by atoms with Crippen molar-refractivity contribution in [2.75, 3.05) is 6.61 Å². The summed E-state index contributed by atoms with van der Waals surface area (Å²) < 4.78 is 11.4. The molecule has 0 aliphatic heterocycles. The molecule has 2 rings (SSSR count). The highest BCUT2D eigenvalue weighted by Crippen LogP contribution is 2.28. The second-order valence-electron chi connectivity index (χ2n) is 3.39. The molecule has 16 heavy (non-hydrogen) atoms. The third-order valence-corrected chi connectivity index (χ3v) is 2.80. The third-order valence-electron chi connectivity index (χ3n) is 2.31. The summed E-state index contributed by atoms with van der Waals surface area (Å²) in [6, 6.07) is 5.56. The molecule has 1 heterocycles. The van der Waals surface area contributed by atoms with Crippen molar-refractivity contribution in [2.45, 2.75) is 13.8 Å². The molecule has 0 spiro atoms. The number of rotatable bonds is 2. The number of hydrogen-bond donors (Lipinski definition) is 0. The van der Waals surface area contributed by atoms with Gasteiger partial charge in [0.05, 0.1) is 6.61 Å². The topological polar surface area (TPSA) is 39.4 Å². The Kier molecular flexibility index (Phi) is 3.01. The van der Waals surface area contributed by atoms with E-state index in [1.54, 1.807) is 13.8 Å². The molecule has 1 aromatic carbocycles. The zero-order valence-electron chi connectivity index (χ0n) is 9.04. The van der Waals surface area contributed by atoms with Gasteiger partial charge in [-0.1, -0.05) is 15.9 Å². The number of halogens is 1. The molecule has 4 heteroatoms. The van der Waals surface area contributed by atoms with Crippen LogP contribution in [0, 0.1) is 6.92 Å². The van der Waals surface area contributed by atoms with Crippen LogP contribution in [-0.4, -0.2) is 12.6 Å². The van der Waals surface area contributed by atoms with E-state index in [2.05, 4.69) is 15.9 Å². The quantitative estimate of drug-likeness (QED) is 0.789. The van der Waals surface area contributed by atoms with Crippen LogP contribution >= 0.6 is 15.9 Å². The van der Waals surface area contributed by atoms with Gasteiger partial charge in [0.1, 0.15) is 16.9 Å². The fourth-order valence-corrected chi connectivity index (χ4v) is 2.01. The van der Waals surface area contributed by atoms with E-state index in [0.717, 1.165) is 9.86 Å². The van der Waals surface area contributed by atoms with Crippen molar-refractivity contribution >= 4 is 32.9 Å². The smallest absolute Gasteiger partial charge is 0.342 e. The van der Waals surface area contributed by atoms with E-state index in [-0.39, 0.29) is 5.97 Å². The van der Waals surface area contributed by atoms with Gasteiger partial charge in [-0.15, -0.1) is 0 Å². The van der Waals surface area contributed by atoms with Gasteiger partial charge in [-0.2, -0.15) is 0 Å². The average molecular weight is 283 g/mol. The number of carbonyl (C=O) groups excluding carboxylic acids is 1. The van der Waals surface area contributed by atoms with Gasteiger partial charge in [0.25, 0.3) is 0 Å². The van der Waals surface area contributed by atoms with Gasteiger partial charge < -0.3 is 9.15 Å². The van der Waals surface area contributed by atoms with Gasteiger partial charge in [0.15, 0.2) is 0 Å². The summed E-state index contributed by atoms with van der Waals surface area (Å²) in [5.74, 6) is 0.253. The Hall–Kier alpha value is -1.29. The number of furan rings is 1. The van der Waals surface area contributed by atoms with Crippen molar-refractivity contribution in [2.24, 2.45) is 0 Å². The maximum absolute atomic E-state index is 11.8. The Balaban J connectivity index is 2.62. The Morgan fingerprint density at radius 1 is 1.50 bits per heavy atom. The molecule has 0 bridgehead atoms. The van der Waals surface area contributed by atoms with Crippen molar-refractivity contribution in [1.29, 1.82) is 0 Å². The standard InChI is InChI=1S/C12H11BrO3/c1-3-15-12(14)11-7(2)16-10-5-4-8(13)6-9(10)11/h4-6H,3H2,1-2H3. The highest BCUT2D eigenvalue weighted by molar-refractivity contribution is 9.10. The van der Waals surface area contributed by atoms with E-state index in [4.69, 9.17) is 9.15 Å². The normalized spacial score (nSPS) is 10.7. The first-order valence-electron chi connectivity index (χ1n) is 4.99. The predicted molar refractivity (Wildman–Crippen MR) is 64.6 cm³/mol. The van der Waals surface area contributed by atoms with Gasteiger partial charge in [0, 0.05) is 9.86 Å². The molecular weight excluding hydrogens is 272 g/mol. The largest absolute Gasteiger partial charge is 0.462 e. The molecule has 1 aromatic heterocycles. The van der Waals surface area contributed by atoms with Crippen molar-refractivity contribution in [3.8, 4) is 0 Å². The third kappa shape index (κ3) is 1.85. The molecule has 0 N–H and O–H groups in total. The molecule has 0 saturated carbocycles. The van der Waals surface area contributed by atoms with E-state index in [0.29, 0.717) is 23.5 Å². The molecule has 0 aliphatic carbocycles. The van der Waals surface area contributed by atoms with Gasteiger partial charge in [-0.25, -0.2) is 4.79 Å². The van der Waals surface area contributed by atoms with Crippen LogP contribution in [0.15, 0.2) is 27.1 Å². The predicted octanol–water partition coefficient (Wildman–Crippen LogP) is 3.68. The first kappa shape index (κ1) is 11.2. The van der Waals surface area contributed by atoms with Crippen LogP contribution in [0.25, 0.3) is 11.0 Å². The lowest BCUT2D eigenvalue weighted by Gasteiger charge is -2.00. The average Bonchev–Trinajstić information content (AvgIpc) is 2.53. The van der Waals surface area contributed by atoms with E-state index in [1.807, 2.05) is 18.2 Å². The van der Waals surface area contributed by atoms with Crippen LogP contribution in [0.2, 0.25) is 0 Å². The van der Waals surface area contributed by atoms with Crippen molar-refractivity contribution in [3.63, 3.8) is 0 Å². The van der Waals surface area contributed by atoms with Gasteiger partial charge in [0.2, 0.25) is 0 Å². The summed E-state index contributed by atoms with van der Waals surface area (Å²) in [5, 5.41) is 0.783. The van der Waals surface area contributed by atoms with Crippen LogP contribution in [0.4, 0.5) is 0 Å². The molecule has 84 valence electrons. The number of esters is 1. The lowest BCUT2D eigenvalue weighted by Crippen LogP contribution is -2.05. The fraction of sp³-hybridized carbons (Fsp3) is 0.250. The summed E-state index contributed by atoms with van der Waals surface area (Å²) in [6.45, 7) is 3.91. The first-order valence-corrected chi connectivity index (χ1v) is 5.78. The second kappa shape index (κ2) is 4.29. The summed E-state index contributed by atoms with van der Waals surface area (Å²) in [6.07, 6.45) is 0. The van der Waals surface area contributed by atoms with Crippen molar-refractivity contribution in [1.82, 2.24) is 0 Å². The minimum Gasteiger partial charge on any atom is -0.462 e. The summed E-state index contributed by atoms with van der Waals surface area (Å²) in [4.78, 5) is 11.8. The van der Waals surface area contributed by atoms with Crippen LogP contribution < -0.4 is 0 Å². The maximum atomic E-state index is 11.8. The molecule has 2 aromatic rings. The van der Waals surface area contributed by atoms with Gasteiger partial charge in [-0.05, 0) is 32.0 Å². The fourth-order valence-electron chi connectivity index (χ4n) is 1.65. The Morgan fingerprint density at radius 3 is 2.94 bits per heavy atom.